The number of benzene rings is 1. The fourth-order valence-corrected chi connectivity index (χ4v) is 5.10. The van der Waals surface area contributed by atoms with Gasteiger partial charge in [0.15, 0.2) is 0 Å². The summed E-state index contributed by atoms with van der Waals surface area (Å²) in [5.74, 6) is 0.0714. The van der Waals surface area contributed by atoms with E-state index in [-0.39, 0.29) is 5.75 Å². The van der Waals surface area contributed by atoms with Gasteiger partial charge in [0.2, 0.25) is 10.0 Å². The van der Waals surface area contributed by atoms with Gasteiger partial charge in [-0.15, -0.1) is 0 Å². The summed E-state index contributed by atoms with van der Waals surface area (Å²) in [6.45, 7) is 5.28. The molecular formula is C20H24N4O2S. The summed E-state index contributed by atoms with van der Waals surface area (Å²) >= 11 is 0. The molecule has 0 bridgehead atoms. The minimum atomic E-state index is -3.28. The number of sulfonamides is 1. The van der Waals surface area contributed by atoms with E-state index in [1.165, 1.54) is 0 Å². The summed E-state index contributed by atoms with van der Waals surface area (Å²) in [5, 5.41) is 0. The smallest absolute Gasteiger partial charge is 0.218 e. The molecule has 1 aliphatic rings. The molecule has 0 unspecified atom stereocenters. The number of piperazine rings is 1. The van der Waals surface area contributed by atoms with E-state index in [1.54, 1.807) is 4.31 Å². The lowest BCUT2D eigenvalue weighted by Crippen LogP contribution is -2.48. The van der Waals surface area contributed by atoms with Gasteiger partial charge in [-0.1, -0.05) is 35.9 Å². The quantitative estimate of drug-likeness (QED) is 0.677. The van der Waals surface area contributed by atoms with E-state index in [0.717, 1.165) is 42.1 Å². The molecule has 4 rings (SSSR count). The number of nitrogens with zero attached hydrogens (tertiary/aromatic N) is 4. The maximum atomic E-state index is 12.8. The molecule has 3 heterocycles. The molecule has 7 heteroatoms. The summed E-state index contributed by atoms with van der Waals surface area (Å²) in [5.41, 5.74) is 4.00. The topological polar surface area (TPSA) is 57.9 Å². The van der Waals surface area contributed by atoms with Crippen molar-refractivity contribution in [2.24, 2.45) is 0 Å². The zero-order chi connectivity index (χ0) is 18.9. The Hall–Kier alpha value is -2.22. The Labute approximate surface area is 160 Å². The van der Waals surface area contributed by atoms with Gasteiger partial charge in [-0.05, 0) is 24.6 Å². The molecule has 0 spiro atoms. The number of hydrogen-bond acceptors (Lipinski definition) is 4. The summed E-state index contributed by atoms with van der Waals surface area (Å²) in [6, 6.07) is 13.7. The lowest BCUT2D eigenvalue weighted by molar-refractivity contribution is 0.179. The van der Waals surface area contributed by atoms with Crippen LogP contribution in [-0.4, -0.2) is 53.2 Å². The summed E-state index contributed by atoms with van der Waals surface area (Å²) < 4.78 is 29.2. The molecule has 1 aliphatic heterocycles. The third-order valence-corrected chi connectivity index (χ3v) is 6.89. The molecule has 0 aliphatic carbocycles. The van der Waals surface area contributed by atoms with Gasteiger partial charge in [-0.3, -0.25) is 4.90 Å². The minimum absolute atomic E-state index is 0.0714. The van der Waals surface area contributed by atoms with Crippen LogP contribution in [0.15, 0.2) is 54.9 Å². The lowest BCUT2D eigenvalue weighted by atomic mass is 10.2. The Morgan fingerprint density at radius 3 is 2.63 bits per heavy atom. The van der Waals surface area contributed by atoms with Crippen molar-refractivity contribution in [1.29, 1.82) is 0 Å². The first kappa shape index (κ1) is 18.2. The van der Waals surface area contributed by atoms with Crippen molar-refractivity contribution >= 4 is 15.7 Å². The van der Waals surface area contributed by atoms with E-state index in [1.807, 2.05) is 61.8 Å². The van der Waals surface area contributed by atoms with Crippen LogP contribution >= 0.6 is 0 Å². The highest BCUT2D eigenvalue weighted by atomic mass is 32.2. The maximum Gasteiger partial charge on any atom is 0.218 e. The molecule has 0 amide bonds. The van der Waals surface area contributed by atoms with Crippen LogP contribution in [0.2, 0.25) is 0 Å². The number of hydrogen-bond donors (Lipinski definition) is 0. The highest BCUT2D eigenvalue weighted by Gasteiger charge is 2.27. The number of imidazole rings is 1. The van der Waals surface area contributed by atoms with Crippen molar-refractivity contribution in [2.45, 2.75) is 19.2 Å². The summed E-state index contributed by atoms with van der Waals surface area (Å²) in [7, 11) is -3.28. The zero-order valence-electron chi connectivity index (χ0n) is 15.5. The normalized spacial score (nSPS) is 16.8. The summed E-state index contributed by atoms with van der Waals surface area (Å²) in [4.78, 5) is 6.71. The average Bonchev–Trinajstić information content (AvgIpc) is 3.05. The van der Waals surface area contributed by atoms with E-state index >= 15 is 0 Å². The van der Waals surface area contributed by atoms with Crippen molar-refractivity contribution < 1.29 is 8.42 Å². The van der Waals surface area contributed by atoms with Gasteiger partial charge in [0.25, 0.3) is 0 Å². The minimum Gasteiger partial charge on any atom is -0.303 e. The zero-order valence-corrected chi connectivity index (χ0v) is 16.3. The van der Waals surface area contributed by atoms with Gasteiger partial charge in [0.05, 0.1) is 17.6 Å². The predicted octanol–water partition coefficient (Wildman–Crippen LogP) is 2.29. The van der Waals surface area contributed by atoms with Crippen molar-refractivity contribution in [3.63, 3.8) is 0 Å². The van der Waals surface area contributed by atoms with Crippen LogP contribution in [0.1, 0.15) is 16.8 Å². The van der Waals surface area contributed by atoms with E-state index in [0.29, 0.717) is 13.1 Å². The van der Waals surface area contributed by atoms with Crippen LogP contribution in [0, 0.1) is 6.92 Å². The fourth-order valence-electron chi connectivity index (χ4n) is 3.60. The molecule has 142 valence electrons. The SMILES string of the molecule is Cc1cccc(CS(=O)(=O)N2CCN(Cc3cnc4ccccn34)CC2)c1. The average molecular weight is 385 g/mol. The van der Waals surface area contributed by atoms with Crippen molar-refractivity contribution in [1.82, 2.24) is 18.6 Å². The van der Waals surface area contributed by atoms with E-state index in [2.05, 4.69) is 14.3 Å². The molecule has 1 aromatic carbocycles. The first-order valence-electron chi connectivity index (χ1n) is 9.18. The van der Waals surface area contributed by atoms with Gasteiger partial charge in [0.1, 0.15) is 5.65 Å². The van der Waals surface area contributed by atoms with Crippen molar-refractivity contribution in [3.05, 3.63) is 71.7 Å². The Morgan fingerprint density at radius 2 is 1.85 bits per heavy atom. The van der Waals surface area contributed by atoms with E-state index < -0.39 is 10.0 Å². The van der Waals surface area contributed by atoms with Crippen molar-refractivity contribution in [2.75, 3.05) is 26.2 Å². The van der Waals surface area contributed by atoms with Gasteiger partial charge in [-0.2, -0.15) is 4.31 Å². The molecule has 0 N–H and O–H groups in total. The Balaban J connectivity index is 1.38. The molecule has 2 aromatic heterocycles. The Morgan fingerprint density at radius 1 is 1.04 bits per heavy atom. The van der Waals surface area contributed by atoms with Crippen LogP contribution in [0.3, 0.4) is 0 Å². The van der Waals surface area contributed by atoms with Gasteiger partial charge in [-0.25, -0.2) is 13.4 Å². The second-order valence-electron chi connectivity index (χ2n) is 7.10. The maximum absolute atomic E-state index is 12.8. The standard InChI is InChI=1S/C20H24N4O2S/c1-17-5-4-6-18(13-17)16-27(25,26)23-11-9-22(10-12-23)15-19-14-21-20-7-2-3-8-24(19)20/h2-8,13-14H,9-12,15-16H2,1H3. The Bertz CT molecular complexity index is 1040. The molecule has 1 fully saturated rings. The summed E-state index contributed by atoms with van der Waals surface area (Å²) in [6.07, 6.45) is 3.91. The lowest BCUT2D eigenvalue weighted by Gasteiger charge is -2.33. The van der Waals surface area contributed by atoms with E-state index in [4.69, 9.17) is 0 Å². The third-order valence-electron chi connectivity index (χ3n) is 5.04. The number of pyridine rings is 1. The predicted molar refractivity (Wildman–Crippen MR) is 106 cm³/mol. The molecule has 0 radical (unpaired) electrons. The van der Waals surface area contributed by atoms with Crippen LogP contribution in [0.4, 0.5) is 0 Å². The second-order valence-corrected chi connectivity index (χ2v) is 9.07. The highest BCUT2D eigenvalue weighted by molar-refractivity contribution is 7.88. The first-order valence-corrected chi connectivity index (χ1v) is 10.8. The number of aromatic nitrogens is 2. The van der Waals surface area contributed by atoms with Crippen LogP contribution in [0.25, 0.3) is 5.65 Å². The number of rotatable bonds is 5. The molecule has 3 aromatic rings. The largest absolute Gasteiger partial charge is 0.303 e. The molecule has 0 atom stereocenters. The highest BCUT2D eigenvalue weighted by Crippen LogP contribution is 2.16. The van der Waals surface area contributed by atoms with Crippen LogP contribution in [-0.2, 0) is 22.3 Å². The molecule has 6 nitrogen and oxygen atoms in total. The molecular weight excluding hydrogens is 360 g/mol. The first-order chi connectivity index (χ1) is 13.0. The monoisotopic (exact) mass is 384 g/mol. The second kappa shape index (κ2) is 7.42. The van der Waals surface area contributed by atoms with Crippen molar-refractivity contribution in [3.8, 4) is 0 Å². The number of fused-ring (bicyclic) bond motifs is 1. The van der Waals surface area contributed by atoms with Gasteiger partial charge >= 0.3 is 0 Å². The Kier molecular flexibility index (Phi) is 4.99. The van der Waals surface area contributed by atoms with Gasteiger partial charge < -0.3 is 4.40 Å². The van der Waals surface area contributed by atoms with Gasteiger partial charge in [0, 0.05) is 38.9 Å². The molecule has 27 heavy (non-hydrogen) atoms. The number of aryl methyl sites for hydroxylation is 1. The molecule has 0 saturated carbocycles. The van der Waals surface area contributed by atoms with Crippen LogP contribution in [0.5, 0.6) is 0 Å². The van der Waals surface area contributed by atoms with E-state index in [9.17, 15) is 8.42 Å². The van der Waals surface area contributed by atoms with Crippen LogP contribution < -0.4 is 0 Å². The molecule has 1 saturated heterocycles. The third kappa shape index (κ3) is 4.05. The fraction of sp³-hybridized carbons (Fsp3) is 0.350.